The van der Waals surface area contributed by atoms with Gasteiger partial charge in [-0.2, -0.15) is 0 Å². The van der Waals surface area contributed by atoms with Crippen LogP contribution in [0.1, 0.15) is 72.0 Å². The Morgan fingerprint density at radius 2 is 2.00 bits per heavy atom. The monoisotopic (exact) mass is 647 g/mol. The molecule has 0 radical (unpaired) electrons. The Morgan fingerprint density at radius 3 is 2.74 bits per heavy atom. The average molecular weight is 648 g/mol. The molecule has 5 heterocycles. The van der Waals surface area contributed by atoms with E-state index in [0.717, 1.165) is 5.56 Å². The largest absolute Gasteiger partial charge is 0.458 e. The van der Waals surface area contributed by atoms with E-state index in [1.165, 1.54) is 15.5 Å². The summed E-state index contributed by atoms with van der Waals surface area (Å²) < 4.78 is 27.2. The number of aliphatic hydroxyl groups is 1. The summed E-state index contributed by atoms with van der Waals surface area (Å²) in [5, 5.41) is 14.9. The Kier molecular flexibility index (Phi) is 7.39. The van der Waals surface area contributed by atoms with Gasteiger partial charge in [0.15, 0.2) is 12.2 Å². The number of hydrogen-bond donors (Lipinski definition) is 3. The maximum Gasteiger partial charge on any atom is 0.343 e. The molecule has 1 aromatic carbocycles. The number of benzene rings is 1. The normalized spacial score (nSPS) is 22.4. The van der Waals surface area contributed by atoms with Gasteiger partial charge in [-0.3, -0.25) is 14.4 Å². The number of nitrogens with zero attached hydrogens (tertiary/aromatic N) is 3. The van der Waals surface area contributed by atoms with Crippen LogP contribution in [0.5, 0.6) is 0 Å². The van der Waals surface area contributed by atoms with Crippen LogP contribution in [0.3, 0.4) is 0 Å². The number of pyridine rings is 2. The first kappa shape index (κ1) is 30.9. The van der Waals surface area contributed by atoms with E-state index in [1.807, 2.05) is 0 Å². The predicted molar refractivity (Wildman–Crippen MR) is 163 cm³/mol. The fourth-order valence-electron chi connectivity index (χ4n) is 7.60. The fourth-order valence-corrected chi connectivity index (χ4v) is 7.60. The summed E-state index contributed by atoms with van der Waals surface area (Å²) >= 11 is 0. The summed E-state index contributed by atoms with van der Waals surface area (Å²) in [7, 11) is 0. The molecule has 246 valence electrons. The van der Waals surface area contributed by atoms with Crippen LogP contribution in [0.15, 0.2) is 16.9 Å². The SMILES string of the molecule is CC[C@@]1(O)C(=O)OCc2c1cc1n(c2=O)Cc2c-1nc1cc(F)c(C)c3c1c2[C@@H](NC(=O)COC(=O)[C@@H]1CCCN1C(=O)CN)CC3. The highest BCUT2D eigenvalue weighted by atomic mass is 19.1. The number of carbonyl (C=O) groups excluding carboxylic acids is 4. The smallest absolute Gasteiger partial charge is 0.343 e. The van der Waals surface area contributed by atoms with Crippen LogP contribution in [-0.4, -0.2) is 69.0 Å². The van der Waals surface area contributed by atoms with Crippen molar-refractivity contribution in [3.05, 3.63) is 61.7 Å². The number of cyclic esters (lactones) is 1. The Morgan fingerprint density at radius 1 is 1.21 bits per heavy atom. The highest BCUT2D eigenvalue weighted by Crippen LogP contribution is 2.46. The second-order valence-electron chi connectivity index (χ2n) is 12.5. The zero-order valence-electron chi connectivity index (χ0n) is 26.0. The van der Waals surface area contributed by atoms with Gasteiger partial charge < -0.3 is 35.1 Å². The van der Waals surface area contributed by atoms with Crippen molar-refractivity contribution in [3.8, 4) is 11.4 Å². The first-order chi connectivity index (χ1) is 22.5. The van der Waals surface area contributed by atoms with Crippen molar-refractivity contribution >= 4 is 34.7 Å². The lowest BCUT2D eigenvalue weighted by atomic mass is 9.81. The molecule has 2 amide bonds. The van der Waals surface area contributed by atoms with Crippen LogP contribution in [-0.2, 0) is 53.8 Å². The van der Waals surface area contributed by atoms with Crippen molar-refractivity contribution in [1.29, 1.82) is 0 Å². The zero-order valence-corrected chi connectivity index (χ0v) is 26.0. The molecule has 1 aliphatic carbocycles. The first-order valence-electron chi connectivity index (χ1n) is 15.8. The predicted octanol–water partition coefficient (Wildman–Crippen LogP) is 1.12. The number of halogens is 1. The zero-order chi connectivity index (χ0) is 33.4. The molecule has 3 atom stereocenters. The minimum atomic E-state index is -2.01. The summed E-state index contributed by atoms with van der Waals surface area (Å²) in [5.41, 5.74) is 7.02. The van der Waals surface area contributed by atoms with Crippen LogP contribution in [0, 0.1) is 12.7 Å². The summed E-state index contributed by atoms with van der Waals surface area (Å²) in [5.74, 6) is -2.88. The number of nitrogens with one attached hydrogen (secondary N) is 1. The van der Waals surface area contributed by atoms with Gasteiger partial charge in [-0.15, -0.1) is 0 Å². The van der Waals surface area contributed by atoms with Crippen LogP contribution in [0.2, 0.25) is 0 Å². The standard InChI is InChI=1S/C33H34FN5O8/c1-3-33(45)19-9-24-29-17(12-39(24)30(42)18(19)13-47-32(33)44)28-21(7-6-16-15(2)20(34)10-22(37-29)27(16)28)36-25(40)14-46-31(43)23-5-4-8-38(23)26(41)11-35/h9-10,21,23,45H,3-8,11-14,35H2,1-2H3,(H,36,40)/t21-,23-,33-/m0/s1. The molecule has 3 aromatic rings. The molecule has 14 heteroatoms. The van der Waals surface area contributed by atoms with Crippen molar-refractivity contribution in [1.82, 2.24) is 19.8 Å². The summed E-state index contributed by atoms with van der Waals surface area (Å²) in [6.07, 6.45) is 1.88. The van der Waals surface area contributed by atoms with Crippen LogP contribution < -0.4 is 16.6 Å². The molecular weight excluding hydrogens is 613 g/mol. The third-order valence-corrected chi connectivity index (χ3v) is 10.1. The molecule has 4 N–H and O–H groups in total. The molecule has 0 unspecified atom stereocenters. The molecule has 47 heavy (non-hydrogen) atoms. The third kappa shape index (κ3) is 4.64. The number of carbonyl (C=O) groups is 4. The third-order valence-electron chi connectivity index (χ3n) is 10.1. The van der Waals surface area contributed by atoms with Gasteiger partial charge in [-0.1, -0.05) is 6.92 Å². The van der Waals surface area contributed by atoms with Crippen LogP contribution in [0.4, 0.5) is 4.39 Å². The van der Waals surface area contributed by atoms with E-state index in [9.17, 15) is 29.1 Å². The summed E-state index contributed by atoms with van der Waals surface area (Å²) in [6.45, 7) is 2.71. The second kappa shape index (κ2) is 11.2. The number of hydrogen-bond acceptors (Lipinski definition) is 10. The molecule has 13 nitrogen and oxygen atoms in total. The molecule has 7 rings (SSSR count). The lowest BCUT2D eigenvalue weighted by Gasteiger charge is -2.31. The molecule has 2 aromatic heterocycles. The van der Waals surface area contributed by atoms with Gasteiger partial charge >= 0.3 is 11.9 Å². The lowest BCUT2D eigenvalue weighted by Crippen LogP contribution is -2.45. The molecule has 0 bridgehead atoms. The quantitative estimate of drug-likeness (QED) is 0.257. The van der Waals surface area contributed by atoms with Crippen molar-refractivity contribution in [3.63, 3.8) is 0 Å². The second-order valence-corrected chi connectivity index (χ2v) is 12.5. The number of aryl methyl sites for hydroxylation is 1. The van der Waals surface area contributed by atoms with E-state index in [0.29, 0.717) is 71.2 Å². The van der Waals surface area contributed by atoms with Gasteiger partial charge in [-0.25, -0.2) is 19.0 Å². The molecule has 0 saturated carbocycles. The number of ether oxygens (including phenoxy) is 2. The lowest BCUT2D eigenvalue weighted by molar-refractivity contribution is -0.172. The van der Waals surface area contributed by atoms with Gasteiger partial charge in [0.2, 0.25) is 5.91 Å². The number of amides is 2. The first-order valence-corrected chi connectivity index (χ1v) is 15.8. The molecular formula is C33H34FN5O8. The molecule has 3 aliphatic heterocycles. The minimum Gasteiger partial charge on any atom is -0.458 e. The van der Waals surface area contributed by atoms with Crippen molar-refractivity contribution in [2.75, 3.05) is 19.7 Å². The molecule has 1 fully saturated rings. The van der Waals surface area contributed by atoms with E-state index < -0.39 is 53.5 Å². The van der Waals surface area contributed by atoms with E-state index in [2.05, 4.69) is 5.32 Å². The maximum absolute atomic E-state index is 15.2. The number of rotatable bonds is 6. The van der Waals surface area contributed by atoms with Crippen molar-refractivity contribution < 1.29 is 38.1 Å². The van der Waals surface area contributed by atoms with Gasteiger partial charge in [0.05, 0.1) is 41.6 Å². The van der Waals surface area contributed by atoms with E-state index in [-0.39, 0.29) is 43.2 Å². The number of nitrogens with two attached hydrogens (primary N) is 1. The highest BCUT2D eigenvalue weighted by molar-refractivity contribution is 5.94. The average Bonchev–Trinajstić information content (AvgIpc) is 3.70. The molecule has 1 saturated heterocycles. The summed E-state index contributed by atoms with van der Waals surface area (Å²) in [6, 6.07) is 1.53. The van der Waals surface area contributed by atoms with Gasteiger partial charge in [0.1, 0.15) is 18.5 Å². The Balaban J connectivity index is 1.26. The van der Waals surface area contributed by atoms with Crippen LogP contribution in [0.25, 0.3) is 22.3 Å². The number of fused-ring (bicyclic) bond motifs is 5. The molecule has 4 aliphatic rings. The number of likely N-dealkylation sites (tertiary alicyclic amines) is 1. The van der Waals surface area contributed by atoms with E-state index in [4.69, 9.17) is 20.2 Å². The highest BCUT2D eigenvalue weighted by Gasteiger charge is 2.46. The maximum atomic E-state index is 15.2. The molecule has 0 spiro atoms. The Labute approximate surface area is 267 Å². The fraction of sp³-hybridized carbons (Fsp3) is 0.455. The van der Waals surface area contributed by atoms with Crippen molar-refractivity contribution in [2.24, 2.45) is 5.73 Å². The number of aromatic nitrogens is 2. The van der Waals surface area contributed by atoms with Crippen molar-refractivity contribution in [2.45, 2.75) is 76.8 Å². The van der Waals surface area contributed by atoms with Gasteiger partial charge in [0.25, 0.3) is 11.5 Å². The topological polar surface area (TPSA) is 183 Å². The minimum absolute atomic E-state index is 0.0143. The van der Waals surface area contributed by atoms with Gasteiger partial charge in [-0.05, 0) is 61.8 Å². The summed E-state index contributed by atoms with van der Waals surface area (Å²) in [4.78, 5) is 70.8. The number of esters is 2. The Bertz CT molecular complexity index is 1970. The Hall–Kier alpha value is -4.69. The van der Waals surface area contributed by atoms with E-state index in [1.54, 1.807) is 19.9 Å². The van der Waals surface area contributed by atoms with Crippen LogP contribution >= 0.6 is 0 Å². The van der Waals surface area contributed by atoms with Gasteiger partial charge in [0, 0.05) is 29.1 Å². The van der Waals surface area contributed by atoms with E-state index >= 15 is 4.39 Å².